The Bertz CT molecular complexity index is 1670. The van der Waals surface area contributed by atoms with Gasteiger partial charge in [0.05, 0.1) is 30.1 Å². The topological polar surface area (TPSA) is 76.3 Å². The molecule has 3 aromatic heterocycles. The molecular weight excluding hydrogens is 535 g/mol. The van der Waals surface area contributed by atoms with Crippen molar-refractivity contribution in [3.63, 3.8) is 0 Å². The van der Waals surface area contributed by atoms with Crippen molar-refractivity contribution in [3.8, 4) is 16.8 Å². The Kier molecular flexibility index (Phi) is 6.32. The van der Waals surface area contributed by atoms with Gasteiger partial charge in [0, 0.05) is 22.3 Å². The molecule has 5 heterocycles. The van der Waals surface area contributed by atoms with Gasteiger partial charge in [-0.25, -0.2) is 9.37 Å². The van der Waals surface area contributed by atoms with Crippen LogP contribution in [0.15, 0.2) is 53.7 Å². The third-order valence-corrected chi connectivity index (χ3v) is 8.29. The van der Waals surface area contributed by atoms with Gasteiger partial charge in [-0.2, -0.15) is 0 Å². The van der Waals surface area contributed by atoms with E-state index in [0.717, 1.165) is 32.3 Å². The maximum atomic E-state index is 14.1. The van der Waals surface area contributed by atoms with Gasteiger partial charge in [-0.15, -0.1) is 21.5 Å². The van der Waals surface area contributed by atoms with E-state index >= 15 is 0 Å². The average Bonchev–Trinajstić information content (AvgIpc) is 3.39. The van der Waals surface area contributed by atoms with E-state index in [1.807, 2.05) is 60.9 Å². The SMILES string of the molecule is Cc1c(C#Cc2ccccn2)sc2c1C(c1ccc(Cl)cc1)=N[C@@H](CC(=O)N1CC(C)(F)C1)c1nnc(C)n1-2. The summed E-state index contributed by atoms with van der Waals surface area (Å²) in [5, 5.41) is 10.3. The number of carbonyl (C=O) groups is 1. The van der Waals surface area contributed by atoms with Crippen LogP contribution in [0.2, 0.25) is 5.02 Å². The zero-order chi connectivity index (χ0) is 27.3. The van der Waals surface area contributed by atoms with Crippen LogP contribution in [0.3, 0.4) is 0 Å². The maximum absolute atomic E-state index is 14.1. The number of likely N-dealkylation sites (tertiary alicyclic amines) is 1. The number of fused-ring (bicyclic) bond motifs is 3. The van der Waals surface area contributed by atoms with Crippen LogP contribution in [0.4, 0.5) is 4.39 Å². The van der Waals surface area contributed by atoms with Crippen LogP contribution in [-0.4, -0.2) is 55.0 Å². The number of amides is 1. The zero-order valence-corrected chi connectivity index (χ0v) is 23.1. The minimum atomic E-state index is -1.35. The van der Waals surface area contributed by atoms with Crippen molar-refractivity contribution in [1.29, 1.82) is 0 Å². The van der Waals surface area contributed by atoms with Crippen LogP contribution in [0, 0.1) is 25.7 Å². The number of carbonyl (C=O) groups excluding carboxylic acids is 1. The number of aromatic nitrogens is 4. The van der Waals surface area contributed by atoms with Gasteiger partial charge < -0.3 is 4.90 Å². The molecule has 1 aromatic carbocycles. The van der Waals surface area contributed by atoms with E-state index in [4.69, 9.17) is 16.6 Å². The van der Waals surface area contributed by atoms with Crippen LogP contribution in [0.1, 0.15) is 58.3 Å². The molecule has 196 valence electrons. The molecule has 6 rings (SSSR count). The van der Waals surface area contributed by atoms with E-state index in [1.54, 1.807) is 6.20 Å². The molecule has 0 saturated carbocycles. The Labute approximate surface area is 234 Å². The molecule has 0 spiro atoms. The number of pyridine rings is 1. The highest BCUT2D eigenvalue weighted by atomic mass is 35.5. The second kappa shape index (κ2) is 9.70. The number of halogens is 2. The van der Waals surface area contributed by atoms with Crippen molar-refractivity contribution in [3.05, 3.63) is 92.6 Å². The lowest BCUT2D eigenvalue weighted by molar-refractivity contribution is -0.144. The molecule has 0 aliphatic carbocycles. The maximum Gasteiger partial charge on any atom is 0.225 e. The van der Waals surface area contributed by atoms with Gasteiger partial charge in [-0.3, -0.25) is 14.4 Å². The summed E-state index contributed by atoms with van der Waals surface area (Å²) in [5.41, 5.74) is 2.80. The molecular formula is C29H24ClFN6OS. The van der Waals surface area contributed by atoms with E-state index in [9.17, 15) is 9.18 Å². The third-order valence-electron chi connectivity index (χ3n) is 6.85. The zero-order valence-electron chi connectivity index (χ0n) is 21.6. The van der Waals surface area contributed by atoms with E-state index in [2.05, 4.69) is 27.0 Å². The molecule has 1 amide bonds. The molecule has 0 radical (unpaired) electrons. The van der Waals surface area contributed by atoms with Gasteiger partial charge in [0.25, 0.3) is 0 Å². The first-order chi connectivity index (χ1) is 18.7. The molecule has 39 heavy (non-hydrogen) atoms. The van der Waals surface area contributed by atoms with Crippen LogP contribution in [0.25, 0.3) is 5.00 Å². The van der Waals surface area contributed by atoms with Gasteiger partial charge in [0.1, 0.15) is 28.2 Å². The largest absolute Gasteiger partial charge is 0.336 e. The Morgan fingerprint density at radius 3 is 2.62 bits per heavy atom. The van der Waals surface area contributed by atoms with Gasteiger partial charge in [-0.05, 0) is 62.4 Å². The number of alkyl halides is 1. The summed E-state index contributed by atoms with van der Waals surface area (Å²) in [6.07, 6.45) is 1.78. The summed E-state index contributed by atoms with van der Waals surface area (Å²) in [4.78, 5) is 25.0. The Hall–Kier alpha value is -3.87. The normalized spacial score (nSPS) is 17.2. The van der Waals surface area contributed by atoms with E-state index in [-0.39, 0.29) is 25.4 Å². The third kappa shape index (κ3) is 4.75. The number of hydrogen-bond donors (Lipinski definition) is 0. The number of rotatable bonds is 3. The quantitative estimate of drug-likeness (QED) is 0.322. The fourth-order valence-corrected chi connectivity index (χ4v) is 6.26. The van der Waals surface area contributed by atoms with E-state index in [0.29, 0.717) is 22.4 Å². The molecule has 7 nitrogen and oxygen atoms in total. The first-order valence-corrected chi connectivity index (χ1v) is 13.7. The highest BCUT2D eigenvalue weighted by Gasteiger charge is 2.42. The van der Waals surface area contributed by atoms with E-state index < -0.39 is 11.7 Å². The molecule has 1 saturated heterocycles. The second-order valence-corrected chi connectivity index (χ2v) is 11.4. The predicted molar refractivity (Wildman–Crippen MR) is 149 cm³/mol. The van der Waals surface area contributed by atoms with E-state index in [1.165, 1.54) is 23.2 Å². The first-order valence-electron chi connectivity index (χ1n) is 12.5. The highest BCUT2D eigenvalue weighted by molar-refractivity contribution is 7.15. The fourth-order valence-electron chi connectivity index (χ4n) is 4.92. The number of aliphatic imine (C=N–C) groups is 1. The smallest absolute Gasteiger partial charge is 0.225 e. The monoisotopic (exact) mass is 558 g/mol. The first kappa shape index (κ1) is 25.4. The van der Waals surface area contributed by atoms with Crippen molar-refractivity contribution < 1.29 is 9.18 Å². The minimum absolute atomic E-state index is 0.0611. The van der Waals surface area contributed by atoms with Gasteiger partial charge in [0.2, 0.25) is 5.91 Å². The van der Waals surface area contributed by atoms with Gasteiger partial charge in [-0.1, -0.05) is 29.8 Å². The Balaban J connectivity index is 1.49. The van der Waals surface area contributed by atoms with Crippen molar-refractivity contribution in [2.75, 3.05) is 13.1 Å². The second-order valence-electron chi connectivity index (χ2n) is 10.0. The van der Waals surface area contributed by atoms with Crippen molar-refractivity contribution >= 4 is 34.6 Å². The summed E-state index contributed by atoms with van der Waals surface area (Å²) in [5.74, 6) is 7.54. The van der Waals surface area contributed by atoms with Crippen molar-refractivity contribution in [1.82, 2.24) is 24.6 Å². The average molecular weight is 559 g/mol. The lowest BCUT2D eigenvalue weighted by Crippen LogP contribution is -2.59. The van der Waals surface area contributed by atoms with Crippen molar-refractivity contribution in [2.24, 2.45) is 4.99 Å². The molecule has 0 bridgehead atoms. The molecule has 4 aromatic rings. The standard InChI is InChI=1S/C29H24ClFN6OS/c1-17-23(12-11-21-6-4-5-13-32-21)39-28-25(17)26(19-7-9-20(30)10-8-19)33-22(27-35-34-18(2)37(27)28)14-24(38)36-15-29(3,31)16-36/h4-10,13,22H,14-16H2,1-3H3/t22-/m0/s1. The number of aryl methyl sites for hydroxylation is 1. The summed E-state index contributed by atoms with van der Waals surface area (Å²) in [6.45, 7) is 5.58. The molecule has 0 N–H and O–H groups in total. The molecule has 1 fully saturated rings. The van der Waals surface area contributed by atoms with Gasteiger partial charge >= 0.3 is 0 Å². The number of nitrogens with zero attached hydrogens (tertiary/aromatic N) is 6. The molecule has 0 unspecified atom stereocenters. The van der Waals surface area contributed by atoms with Crippen LogP contribution in [0.5, 0.6) is 0 Å². The highest BCUT2D eigenvalue weighted by Crippen LogP contribution is 2.40. The Morgan fingerprint density at radius 2 is 1.92 bits per heavy atom. The Morgan fingerprint density at radius 1 is 1.15 bits per heavy atom. The molecule has 1 atom stereocenters. The number of benzene rings is 1. The molecule has 2 aliphatic rings. The summed E-state index contributed by atoms with van der Waals surface area (Å²) >= 11 is 7.74. The van der Waals surface area contributed by atoms with Crippen molar-refractivity contribution in [2.45, 2.75) is 38.9 Å². The predicted octanol–water partition coefficient (Wildman–Crippen LogP) is 5.25. The van der Waals surface area contributed by atoms with Crippen LogP contribution < -0.4 is 0 Å². The lowest BCUT2D eigenvalue weighted by atomic mass is 9.97. The lowest BCUT2D eigenvalue weighted by Gasteiger charge is -2.42. The number of thiophene rings is 1. The van der Waals surface area contributed by atoms with Gasteiger partial charge in [0.15, 0.2) is 5.82 Å². The van der Waals surface area contributed by atoms with Crippen LogP contribution in [-0.2, 0) is 4.79 Å². The summed E-state index contributed by atoms with van der Waals surface area (Å²) in [6, 6.07) is 12.5. The summed E-state index contributed by atoms with van der Waals surface area (Å²) < 4.78 is 16.1. The number of hydrogen-bond acceptors (Lipinski definition) is 6. The van der Waals surface area contributed by atoms with Crippen LogP contribution >= 0.6 is 22.9 Å². The molecule has 2 aliphatic heterocycles. The molecule has 10 heteroatoms. The summed E-state index contributed by atoms with van der Waals surface area (Å²) in [7, 11) is 0. The fraction of sp³-hybridized carbons (Fsp3) is 0.276. The minimum Gasteiger partial charge on any atom is -0.336 e.